The number of imidazole rings is 1. The number of hydrogen-bond acceptors (Lipinski definition) is 3. The second kappa shape index (κ2) is 5.13. The van der Waals surface area contributed by atoms with E-state index in [1.54, 1.807) is 34.8 Å². The maximum absolute atomic E-state index is 12.3. The molecule has 3 aromatic rings. The molecule has 0 saturated carbocycles. The van der Waals surface area contributed by atoms with Crippen LogP contribution in [0.1, 0.15) is 5.56 Å². The van der Waals surface area contributed by atoms with E-state index in [2.05, 4.69) is 20.9 Å². The third-order valence-electron chi connectivity index (χ3n) is 3.12. The van der Waals surface area contributed by atoms with Crippen molar-refractivity contribution < 1.29 is 4.74 Å². The van der Waals surface area contributed by atoms with E-state index >= 15 is 0 Å². The van der Waals surface area contributed by atoms with Gasteiger partial charge in [-0.05, 0) is 33.6 Å². The van der Waals surface area contributed by atoms with E-state index in [9.17, 15) is 4.79 Å². The van der Waals surface area contributed by atoms with Gasteiger partial charge in [-0.2, -0.15) is 0 Å². The van der Waals surface area contributed by atoms with Crippen LogP contribution in [0.5, 0.6) is 5.75 Å². The number of benzene rings is 1. The summed E-state index contributed by atoms with van der Waals surface area (Å²) in [7, 11) is 1.63. The third-order valence-corrected chi connectivity index (χ3v) is 3.71. The van der Waals surface area contributed by atoms with Gasteiger partial charge in [0, 0.05) is 6.20 Å². The molecule has 5 nitrogen and oxygen atoms in total. The Labute approximate surface area is 123 Å². The van der Waals surface area contributed by atoms with Crippen molar-refractivity contribution in [3.63, 3.8) is 0 Å². The van der Waals surface area contributed by atoms with Crippen LogP contribution in [-0.4, -0.2) is 21.1 Å². The first kappa shape index (κ1) is 12.9. The molecule has 1 aromatic carbocycles. The number of nitrogens with zero attached hydrogens (tertiary/aromatic N) is 3. The van der Waals surface area contributed by atoms with E-state index in [-0.39, 0.29) is 5.56 Å². The Morgan fingerprint density at radius 1 is 1.30 bits per heavy atom. The molecule has 0 radical (unpaired) electrons. The van der Waals surface area contributed by atoms with Crippen LogP contribution in [0.2, 0.25) is 0 Å². The number of halogens is 1. The first-order chi connectivity index (χ1) is 9.69. The van der Waals surface area contributed by atoms with Crippen LogP contribution in [0, 0.1) is 0 Å². The zero-order valence-electron chi connectivity index (χ0n) is 10.8. The van der Waals surface area contributed by atoms with Gasteiger partial charge in [0.15, 0.2) is 0 Å². The van der Waals surface area contributed by atoms with E-state index < -0.39 is 0 Å². The highest BCUT2D eigenvalue weighted by Crippen LogP contribution is 2.14. The molecule has 0 aliphatic rings. The SMILES string of the molecule is COc1ccc(Cn2cc(Br)n3cncc3c2=O)cc1. The maximum atomic E-state index is 12.3. The predicted molar refractivity (Wildman–Crippen MR) is 79.2 cm³/mol. The molecule has 0 aliphatic heterocycles. The quantitative estimate of drug-likeness (QED) is 0.739. The zero-order chi connectivity index (χ0) is 14.1. The van der Waals surface area contributed by atoms with Gasteiger partial charge >= 0.3 is 0 Å². The molecule has 2 heterocycles. The molecule has 0 amide bonds. The number of fused-ring (bicyclic) bond motifs is 1. The van der Waals surface area contributed by atoms with Crippen molar-refractivity contribution in [3.05, 3.63) is 63.5 Å². The van der Waals surface area contributed by atoms with Gasteiger partial charge in [0.05, 0.1) is 19.9 Å². The van der Waals surface area contributed by atoms with Gasteiger partial charge in [-0.25, -0.2) is 4.98 Å². The summed E-state index contributed by atoms with van der Waals surface area (Å²) in [4.78, 5) is 16.3. The van der Waals surface area contributed by atoms with E-state index in [0.29, 0.717) is 12.1 Å². The van der Waals surface area contributed by atoms with E-state index in [4.69, 9.17) is 4.74 Å². The van der Waals surface area contributed by atoms with Crippen LogP contribution in [0.25, 0.3) is 5.52 Å². The summed E-state index contributed by atoms with van der Waals surface area (Å²) >= 11 is 3.44. The molecule has 3 rings (SSSR count). The van der Waals surface area contributed by atoms with Crippen molar-refractivity contribution in [2.75, 3.05) is 7.11 Å². The average molecular weight is 334 g/mol. The summed E-state index contributed by atoms with van der Waals surface area (Å²) in [5, 5.41) is 0. The van der Waals surface area contributed by atoms with E-state index in [0.717, 1.165) is 15.9 Å². The standard InChI is InChI=1S/C14H12BrN3O2/c1-20-11-4-2-10(3-5-11)7-17-8-13(15)18-9-16-6-12(18)14(17)19/h2-6,8-9H,7H2,1H3. The molecule has 0 unspecified atom stereocenters. The first-order valence-corrected chi connectivity index (χ1v) is 6.82. The predicted octanol–water partition coefficient (Wildman–Crippen LogP) is 2.32. The van der Waals surface area contributed by atoms with E-state index in [1.165, 1.54) is 0 Å². The first-order valence-electron chi connectivity index (χ1n) is 6.03. The Kier molecular flexibility index (Phi) is 3.31. The molecule has 0 N–H and O–H groups in total. The van der Waals surface area contributed by atoms with Gasteiger partial charge in [0.1, 0.15) is 22.2 Å². The lowest BCUT2D eigenvalue weighted by molar-refractivity contribution is 0.414. The van der Waals surface area contributed by atoms with Gasteiger partial charge in [-0.1, -0.05) is 12.1 Å². The Morgan fingerprint density at radius 3 is 2.75 bits per heavy atom. The molecule has 20 heavy (non-hydrogen) atoms. The zero-order valence-corrected chi connectivity index (χ0v) is 12.4. The van der Waals surface area contributed by atoms with Gasteiger partial charge in [-0.3, -0.25) is 9.20 Å². The number of hydrogen-bond donors (Lipinski definition) is 0. The molecule has 0 saturated heterocycles. The molecule has 0 aliphatic carbocycles. The Morgan fingerprint density at radius 2 is 2.05 bits per heavy atom. The van der Waals surface area contributed by atoms with Crippen molar-refractivity contribution in [2.24, 2.45) is 0 Å². The molecular weight excluding hydrogens is 322 g/mol. The highest BCUT2D eigenvalue weighted by Gasteiger charge is 2.07. The van der Waals surface area contributed by atoms with Crippen molar-refractivity contribution in [1.29, 1.82) is 0 Å². The van der Waals surface area contributed by atoms with Crippen molar-refractivity contribution in [2.45, 2.75) is 6.54 Å². The second-order valence-corrected chi connectivity index (χ2v) is 5.19. The van der Waals surface area contributed by atoms with Crippen molar-refractivity contribution >= 4 is 21.4 Å². The number of aromatic nitrogens is 3. The summed E-state index contributed by atoms with van der Waals surface area (Å²) in [5.74, 6) is 0.800. The highest BCUT2D eigenvalue weighted by molar-refractivity contribution is 9.10. The van der Waals surface area contributed by atoms with E-state index in [1.807, 2.05) is 24.3 Å². The number of ether oxygens (including phenoxy) is 1. The Balaban J connectivity index is 2.01. The normalized spacial score (nSPS) is 10.9. The largest absolute Gasteiger partial charge is 0.497 e. The minimum absolute atomic E-state index is 0.0680. The summed E-state index contributed by atoms with van der Waals surface area (Å²) in [5.41, 5.74) is 1.51. The Hall–Kier alpha value is -2.08. The smallest absolute Gasteiger partial charge is 0.276 e. The van der Waals surface area contributed by atoms with Crippen LogP contribution in [0.15, 0.2) is 52.4 Å². The van der Waals surface area contributed by atoms with Crippen LogP contribution in [0.3, 0.4) is 0 Å². The summed E-state index contributed by atoms with van der Waals surface area (Å²) in [6.45, 7) is 0.503. The molecule has 0 spiro atoms. The Bertz CT molecular complexity index is 805. The summed E-state index contributed by atoms with van der Waals surface area (Å²) < 4.78 is 9.28. The number of rotatable bonds is 3. The molecule has 0 atom stereocenters. The fourth-order valence-electron chi connectivity index (χ4n) is 2.07. The highest BCUT2D eigenvalue weighted by atomic mass is 79.9. The fraction of sp³-hybridized carbons (Fsp3) is 0.143. The molecule has 0 fully saturated rings. The van der Waals surface area contributed by atoms with Crippen LogP contribution in [0.4, 0.5) is 0 Å². The molecule has 102 valence electrons. The molecule has 6 heteroatoms. The number of methoxy groups -OCH3 is 1. The minimum Gasteiger partial charge on any atom is -0.497 e. The van der Waals surface area contributed by atoms with Crippen LogP contribution < -0.4 is 10.3 Å². The lowest BCUT2D eigenvalue weighted by Crippen LogP contribution is -2.22. The second-order valence-electron chi connectivity index (χ2n) is 4.38. The van der Waals surface area contributed by atoms with Gasteiger partial charge in [0.2, 0.25) is 0 Å². The van der Waals surface area contributed by atoms with Crippen molar-refractivity contribution in [1.82, 2.24) is 14.0 Å². The molecule has 2 aromatic heterocycles. The molecule has 0 bridgehead atoms. The maximum Gasteiger partial charge on any atom is 0.276 e. The van der Waals surface area contributed by atoms with Crippen LogP contribution >= 0.6 is 15.9 Å². The van der Waals surface area contributed by atoms with Gasteiger partial charge < -0.3 is 9.30 Å². The van der Waals surface area contributed by atoms with Crippen LogP contribution in [-0.2, 0) is 6.54 Å². The average Bonchev–Trinajstić information content (AvgIpc) is 2.95. The lowest BCUT2D eigenvalue weighted by atomic mass is 10.2. The van der Waals surface area contributed by atoms with Crippen molar-refractivity contribution in [3.8, 4) is 5.75 Å². The summed E-state index contributed by atoms with van der Waals surface area (Å²) in [6.07, 6.45) is 4.94. The van der Waals surface area contributed by atoms with Gasteiger partial charge in [0.25, 0.3) is 5.56 Å². The summed E-state index contributed by atoms with van der Waals surface area (Å²) in [6, 6.07) is 7.65. The lowest BCUT2D eigenvalue weighted by Gasteiger charge is -2.09. The topological polar surface area (TPSA) is 48.5 Å². The minimum atomic E-state index is -0.0680. The monoisotopic (exact) mass is 333 g/mol. The molecular formula is C14H12BrN3O2. The van der Waals surface area contributed by atoms with Gasteiger partial charge in [-0.15, -0.1) is 0 Å². The fourth-order valence-corrected chi connectivity index (χ4v) is 2.59. The third kappa shape index (κ3) is 2.22.